The summed E-state index contributed by atoms with van der Waals surface area (Å²) in [5, 5.41) is 13.9. The zero-order valence-corrected chi connectivity index (χ0v) is 21.7. The van der Waals surface area contributed by atoms with Gasteiger partial charge in [0.05, 0.1) is 11.6 Å². The standard InChI is InChI=1S/C28H36N6O/c1-7-8-25(26-30-31-32-34(26)28(4,5)6)33(17-21-12-9-19(2)10-13-21)18-23-16-22-15-20(3)11-14-24(22)29-27(23)35/h9-16,25H,7-8,17-18H2,1-6H3,(H,29,35)/t25-/m1/s1. The molecule has 2 aromatic carbocycles. The number of tetrazole rings is 1. The quantitative estimate of drug-likeness (QED) is 0.370. The lowest BCUT2D eigenvalue weighted by molar-refractivity contribution is 0.148. The Bertz CT molecular complexity index is 1350. The second-order valence-electron chi connectivity index (χ2n) is 10.5. The zero-order chi connectivity index (χ0) is 25.2. The fourth-order valence-electron chi connectivity index (χ4n) is 4.54. The monoisotopic (exact) mass is 472 g/mol. The van der Waals surface area contributed by atoms with Crippen molar-refractivity contribution in [2.45, 2.75) is 79.1 Å². The lowest BCUT2D eigenvalue weighted by atomic mass is 10.0. The van der Waals surface area contributed by atoms with Crippen LogP contribution in [0.15, 0.2) is 53.3 Å². The van der Waals surface area contributed by atoms with Crippen LogP contribution in [0.25, 0.3) is 10.9 Å². The normalized spacial score (nSPS) is 13.0. The molecule has 0 unspecified atom stereocenters. The van der Waals surface area contributed by atoms with Gasteiger partial charge < -0.3 is 4.98 Å². The van der Waals surface area contributed by atoms with E-state index >= 15 is 0 Å². The summed E-state index contributed by atoms with van der Waals surface area (Å²) in [4.78, 5) is 18.5. The van der Waals surface area contributed by atoms with Crippen molar-refractivity contribution in [1.82, 2.24) is 30.1 Å². The van der Waals surface area contributed by atoms with Gasteiger partial charge in [-0.25, -0.2) is 4.68 Å². The maximum atomic E-state index is 13.1. The number of benzene rings is 2. The number of aromatic nitrogens is 5. The van der Waals surface area contributed by atoms with Crippen molar-refractivity contribution in [2.75, 3.05) is 0 Å². The summed E-state index contributed by atoms with van der Waals surface area (Å²) in [6, 6.07) is 16.7. The van der Waals surface area contributed by atoms with E-state index in [2.05, 4.69) is 97.3 Å². The first-order valence-corrected chi connectivity index (χ1v) is 12.4. The van der Waals surface area contributed by atoms with Gasteiger partial charge in [0.25, 0.3) is 5.56 Å². The highest BCUT2D eigenvalue weighted by atomic mass is 16.1. The van der Waals surface area contributed by atoms with Crippen molar-refractivity contribution in [1.29, 1.82) is 0 Å². The van der Waals surface area contributed by atoms with Crippen molar-refractivity contribution in [3.8, 4) is 0 Å². The molecule has 1 N–H and O–H groups in total. The molecule has 0 radical (unpaired) electrons. The van der Waals surface area contributed by atoms with Crippen molar-refractivity contribution >= 4 is 10.9 Å². The predicted molar refractivity (Wildman–Crippen MR) is 140 cm³/mol. The molecule has 4 aromatic rings. The van der Waals surface area contributed by atoms with Gasteiger partial charge in [-0.15, -0.1) is 5.10 Å². The average Bonchev–Trinajstić information content (AvgIpc) is 3.29. The van der Waals surface area contributed by atoms with Gasteiger partial charge >= 0.3 is 0 Å². The number of aryl methyl sites for hydroxylation is 2. The number of hydrogen-bond acceptors (Lipinski definition) is 5. The maximum Gasteiger partial charge on any atom is 0.252 e. The van der Waals surface area contributed by atoms with E-state index in [1.165, 1.54) is 16.7 Å². The molecule has 0 saturated carbocycles. The molecule has 0 spiro atoms. The SMILES string of the molecule is CCC[C@H](c1nnnn1C(C)(C)C)N(Cc1ccc(C)cc1)Cc1cc2cc(C)ccc2[nH]c1=O. The number of rotatable bonds is 8. The van der Waals surface area contributed by atoms with Gasteiger partial charge in [-0.2, -0.15) is 0 Å². The summed E-state index contributed by atoms with van der Waals surface area (Å²) in [5.74, 6) is 0.833. The number of pyridine rings is 1. The molecular weight excluding hydrogens is 436 g/mol. The summed E-state index contributed by atoms with van der Waals surface area (Å²) in [6.07, 6.45) is 1.85. The highest BCUT2D eigenvalue weighted by Crippen LogP contribution is 2.30. The molecule has 0 bridgehead atoms. The van der Waals surface area contributed by atoms with E-state index < -0.39 is 0 Å². The lowest BCUT2D eigenvalue weighted by Crippen LogP contribution is -2.35. The Morgan fingerprint density at radius 1 is 1.00 bits per heavy atom. The van der Waals surface area contributed by atoms with Crippen LogP contribution in [0.5, 0.6) is 0 Å². The maximum absolute atomic E-state index is 13.1. The van der Waals surface area contributed by atoms with Gasteiger partial charge in [-0.1, -0.05) is 54.8 Å². The van der Waals surface area contributed by atoms with Gasteiger partial charge in [0, 0.05) is 24.2 Å². The first-order valence-electron chi connectivity index (χ1n) is 12.4. The fourth-order valence-corrected chi connectivity index (χ4v) is 4.54. The summed E-state index contributed by atoms with van der Waals surface area (Å²) in [5.41, 5.74) is 4.88. The van der Waals surface area contributed by atoms with Crippen LogP contribution in [0.2, 0.25) is 0 Å². The summed E-state index contributed by atoms with van der Waals surface area (Å²) < 4.78 is 1.92. The molecule has 0 amide bonds. The molecule has 0 aliphatic carbocycles. The molecule has 184 valence electrons. The molecule has 0 aliphatic rings. The van der Waals surface area contributed by atoms with Gasteiger partial charge in [0.1, 0.15) is 0 Å². The van der Waals surface area contributed by atoms with Crippen molar-refractivity contribution in [2.24, 2.45) is 0 Å². The average molecular weight is 473 g/mol. The number of nitrogens with zero attached hydrogens (tertiary/aromatic N) is 5. The predicted octanol–water partition coefficient (Wildman–Crippen LogP) is 5.43. The molecule has 0 aliphatic heterocycles. The van der Waals surface area contributed by atoms with Crippen LogP contribution in [-0.4, -0.2) is 30.1 Å². The fraction of sp³-hybridized carbons (Fsp3) is 0.429. The van der Waals surface area contributed by atoms with E-state index in [1.807, 2.05) is 22.9 Å². The van der Waals surface area contributed by atoms with Crippen LogP contribution in [0.3, 0.4) is 0 Å². The lowest BCUT2D eigenvalue weighted by Gasteiger charge is -2.33. The van der Waals surface area contributed by atoms with Crippen LogP contribution >= 0.6 is 0 Å². The Balaban J connectivity index is 1.79. The minimum Gasteiger partial charge on any atom is -0.322 e. The minimum atomic E-state index is -0.252. The highest BCUT2D eigenvalue weighted by molar-refractivity contribution is 5.79. The van der Waals surface area contributed by atoms with Crippen molar-refractivity contribution in [3.63, 3.8) is 0 Å². The smallest absolute Gasteiger partial charge is 0.252 e. The molecule has 7 heteroatoms. The summed E-state index contributed by atoms with van der Waals surface area (Å²) in [6.45, 7) is 13.8. The highest BCUT2D eigenvalue weighted by Gasteiger charge is 2.30. The number of fused-ring (bicyclic) bond motifs is 1. The Hall–Kier alpha value is -3.32. The third-order valence-corrected chi connectivity index (χ3v) is 6.39. The first kappa shape index (κ1) is 24.8. The molecule has 4 rings (SSSR count). The molecule has 35 heavy (non-hydrogen) atoms. The van der Waals surface area contributed by atoms with Crippen molar-refractivity contribution in [3.05, 3.63) is 87.0 Å². The van der Waals surface area contributed by atoms with E-state index in [0.717, 1.165) is 35.1 Å². The van der Waals surface area contributed by atoms with Gasteiger partial charge in [0.2, 0.25) is 0 Å². The van der Waals surface area contributed by atoms with Gasteiger partial charge in [-0.05, 0) is 80.6 Å². The second-order valence-corrected chi connectivity index (χ2v) is 10.5. The van der Waals surface area contributed by atoms with E-state index in [9.17, 15) is 4.79 Å². The molecule has 7 nitrogen and oxygen atoms in total. The molecule has 0 fully saturated rings. The van der Waals surface area contributed by atoms with Gasteiger partial charge in [-0.3, -0.25) is 9.69 Å². The van der Waals surface area contributed by atoms with Gasteiger partial charge in [0.15, 0.2) is 5.82 Å². The van der Waals surface area contributed by atoms with Crippen molar-refractivity contribution < 1.29 is 0 Å². The van der Waals surface area contributed by atoms with Crippen LogP contribution in [-0.2, 0) is 18.6 Å². The molecular formula is C28H36N6O. The van der Waals surface area contributed by atoms with E-state index in [1.54, 1.807) is 0 Å². The zero-order valence-electron chi connectivity index (χ0n) is 21.7. The number of H-pyrrole nitrogens is 1. The minimum absolute atomic E-state index is 0.0388. The number of aromatic amines is 1. The third-order valence-electron chi connectivity index (χ3n) is 6.39. The largest absolute Gasteiger partial charge is 0.322 e. The Labute approximate surface area is 207 Å². The summed E-state index contributed by atoms with van der Waals surface area (Å²) >= 11 is 0. The Kier molecular flexibility index (Phi) is 7.17. The molecule has 0 saturated heterocycles. The third kappa shape index (κ3) is 5.68. The van der Waals surface area contributed by atoms with Crippen LogP contribution in [0.4, 0.5) is 0 Å². The van der Waals surface area contributed by atoms with E-state index in [-0.39, 0.29) is 17.1 Å². The topological polar surface area (TPSA) is 79.7 Å². The van der Waals surface area contributed by atoms with E-state index in [4.69, 9.17) is 0 Å². The number of nitrogens with one attached hydrogen (secondary N) is 1. The summed E-state index contributed by atoms with van der Waals surface area (Å²) in [7, 11) is 0. The van der Waals surface area contributed by atoms with Crippen LogP contribution < -0.4 is 5.56 Å². The first-order chi connectivity index (χ1) is 16.7. The van der Waals surface area contributed by atoms with Crippen LogP contribution in [0.1, 0.15) is 74.7 Å². The number of hydrogen-bond donors (Lipinski definition) is 1. The Morgan fingerprint density at radius 3 is 2.40 bits per heavy atom. The Morgan fingerprint density at radius 2 is 1.71 bits per heavy atom. The van der Waals surface area contributed by atoms with E-state index in [0.29, 0.717) is 13.1 Å². The molecule has 2 aromatic heterocycles. The molecule has 1 atom stereocenters. The molecule has 2 heterocycles. The second kappa shape index (κ2) is 10.1. The van der Waals surface area contributed by atoms with Crippen LogP contribution in [0, 0.1) is 13.8 Å².